The van der Waals surface area contributed by atoms with Gasteiger partial charge in [-0.3, -0.25) is 4.79 Å². The van der Waals surface area contributed by atoms with Crippen LogP contribution in [0.1, 0.15) is 25.5 Å². The van der Waals surface area contributed by atoms with E-state index in [1.807, 2.05) is 30.3 Å². The molecule has 1 aromatic carbocycles. The summed E-state index contributed by atoms with van der Waals surface area (Å²) in [6.45, 7) is 3.35. The summed E-state index contributed by atoms with van der Waals surface area (Å²) >= 11 is 0. The van der Waals surface area contributed by atoms with Gasteiger partial charge in [-0.1, -0.05) is 30.3 Å². The van der Waals surface area contributed by atoms with Crippen LogP contribution in [0.5, 0.6) is 0 Å². The zero-order valence-electron chi connectivity index (χ0n) is 9.66. The van der Waals surface area contributed by atoms with Crippen molar-refractivity contribution in [3.8, 4) is 0 Å². The molecule has 0 N–H and O–H groups in total. The summed E-state index contributed by atoms with van der Waals surface area (Å²) in [5, 5.41) is 0. The van der Waals surface area contributed by atoms with Gasteiger partial charge in [0.15, 0.2) is 0 Å². The lowest BCUT2D eigenvalue weighted by Crippen LogP contribution is -2.19. The zero-order valence-corrected chi connectivity index (χ0v) is 9.66. The monoisotopic (exact) mass is 238 g/mol. The first-order valence-corrected chi connectivity index (χ1v) is 5.14. The van der Waals surface area contributed by atoms with E-state index in [0.717, 1.165) is 5.56 Å². The number of rotatable bonds is 5. The van der Waals surface area contributed by atoms with Crippen LogP contribution in [0.2, 0.25) is 0 Å². The van der Waals surface area contributed by atoms with E-state index in [4.69, 9.17) is 4.74 Å². The predicted octanol–water partition coefficient (Wildman–Crippen LogP) is 2.42. The van der Waals surface area contributed by atoms with E-state index in [1.54, 1.807) is 6.92 Å². The highest BCUT2D eigenvalue weighted by Gasteiger charge is 2.15. The van der Waals surface area contributed by atoms with Crippen LogP contribution in [0.4, 0.5) is 4.79 Å². The molecule has 0 spiro atoms. The lowest BCUT2D eigenvalue weighted by molar-refractivity contribution is -0.153. The Morgan fingerprint density at radius 2 is 1.82 bits per heavy atom. The van der Waals surface area contributed by atoms with Crippen LogP contribution in [0.3, 0.4) is 0 Å². The SMILES string of the molecule is CC(OC=O)OC(=O)OC(C)c1ccccc1. The van der Waals surface area contributed by atoms with Crippen LogP contribution in [0.25, 0.3) is 0 Å². The van der Waals surface area contributed by atoms with Gasteiger partial charge in [-0.2, -0.15) is 0 Å². The van der Waals surface area contributed by atoms with E-state index >= 15 is 0 Å². The number of hydrogen-bond donors (Lipinski definition) is 0. The Balaban J connectivity index is 2.43. The van der Waals surface area contributed by atoms with Crippen molar-refractivity contribution in [2.45, 2.75) is 26.2 Å². The second-order valence-electron chi connectivity index (χ2n) is 3.34. The largest absolute Gasteiger partial charge is 0.511 e. The number of hydrogen-bond acceptors (Lipinski definition) is 5. The van der Waals surface area contributed by atoms with Gasteiger partial charge in [0, 0.05) is 6.92 Å². The van der Waals surface area contributed by atoms with Crippen LogP contribution < -0.4 is 0 Å². The lowest BCUT2D eigenvalue weighted by atomic mass is 10.1. The number of carbonyl (C=O) groups excluding carboxylic acids is 2. The number of carbonyl (C=O) groups is 2. The van der Waals surface area contributed by atoms with Crippen molar-refractivity contribution in [2.24, 2.45) is 0 Å². The third kappa shape index (κ3) is 4.55. The Morgan fingerprint density at radius 1 is 1.18 bits per heavy atom. The molecule has 0 aromatic heterocycles. The Labute approximate surface area is 99.3 Å². The quantitative estimate of drug-likeness (QED) is 0.448. The van der Waals surface area contributed by atoms with Crippen LogP contribution in [-0.2, 0) is 19.0 Å². The van der Waals surface area contributed by atoms with Gasteiger partial charge >= 0.3 is 6.16 Å². The van der Waals surface area contributed by atoms with E-state index < -0.39 is 18.5 Å². The smallest absolute Gasteiger partial charge is 0.428 e. The molecule has 0 fully saturated rings. The fraction of sp³-hybridized carbons (Fsp3) is 0.333. The molecule has 92 valence electrons. The molecule has 1 rings (SSSR count). The van der Waals surface area contributed by atoms with Crippen LogP contribution in [-0.4, -0.2) is 18.9 Å². The fourth-order valence-electron chi connectivity index (χ4n) is 1.21. The first-order chi connectivity index (χ1) is 8.13. The molecule has 0 heterocycles. The minimum absolute atomic E-state index is 0.207. The van der Waals surface area contributed by atoms with Crippen molar-refractivity contribution in [3.05, 3.63) is 35.9 Å². The maximum absolute atomic E-state index is 11.3. The van der Waals surface area contributed by atoms with Crippen LogP contribution in [0.15, 0.2) is 30.3 Å². The van der Waals surface area contributed by atoms with Gasteiger partial charge in [-0.05, 0) is 12.5 Å². The van der Waals surface area contributed by atoms with Crippen molar-refractivity contribution in [1.82, 2.24) is 0 Å². The molecule has 5 heteroatoms. The van der Waals surface area contributed by atoms with E-state index in [1.165, 1.54) is 6.92 Å². The molecule has 0 aliphatic rings. The molecular formula is C12H14O5. The molecule has 2 unspecified atom stereocenters. The van der Waals surface area contributed by atoms with Crippen LogP contribution in [0, 0.1) is 0 Å². The minimum Gasteiger partial charge on any atom is -0.428 e. The summed E-state index contributed by atoms with van der Waals surface area (Å²) in [7, 11) is 0. The second kappa shape index (κ2) is 6.52. The number of ether oxygens (including phenoxy) is 3. The highest BCUT2D eigenvalue weighted by atomic mass is 16.8. The topological polar surface area (TPSA) is 61.8 Å². The van der Waals surface area contributed by atoms with E-state index in [-0.39, 0.29) is 6.47 Å². The van der Waals surface area contributed by atoms with Crippen LogP contribution >= 0.6 is 0 Å². The molecule has 0 radical (unpaired) electrons. The van der Waals surface area contributed by atoms with Crippen molar-refractivity contribution in [1.29, 1.82) is 0 Å². The van der Waals surface area contributed by atoms with E-state index in [2.05, 4.69) is 9.47 Å². The molecule has 5 nitrogen and oxygen atoms in total. The molecule has 2 atom stereocenters. The van der Waals surface area contributed by atoms with Crippen molar-refractivity contribution in [2.75, 3.05) is 0 Å². The summed E-state index contributed by atoms with van der Waals surface area (Å²) in [5.74, 6) is 0. The molecular weight excluding hydrogens is 224 g/mol. The third-order valence-electron chi connectivity index (χ3n) is 2.05. The molecule has 0 saturated heterocycles. The molecule has 1 aromatic rings. The molecule has 0 amide bonds. The average Bonchev–Trinajstić information content (AvgIpc) is 2.30. The first kappa shape index (κ1) is 13.0. The normalized spacial score (nSPS) is 13.3. The van der Waals surface area contributed by atoms with Gasteiger partial charge in [-0.15, -0.1) is 0 Å². The Bertz CT molecular complexity index is 362. The minimum atomic E-state index is -0.956. The zero-order chi connectivity index (χ0) is 12.7. The van der Waals surface area contributed by atoms with Gasteiger partial charge in [0.2, 0.25) is 6.29 Å². The summed E-state index contributed by atoms with van der Waals surface area (Å²) in [5.41, 5.74) is 0.855. The number of benzene rings is 1. The van der Waals surface area contributed by atoms with Gasteiger partial charge in [0.1, 0.15) is 6.10 Å². The Hall–Kier alpha value is -2.04. The third-order valence-corrected chi connectivity index (χ3v) is 2.05. The fourth-order valence-corrected chi connectivity index (χ4v) is 1.21. The van der Waals surface area contributed by atoms with E-state index in [9.17, 15) is 9.59 Å². The van der Waals surface area contributed by atoms with Crippen molar-refractivity contribution < 1.29 is 23.8 Å². The highest BCUT2D eigenvalue weighted by molar-refractivity contribution is 5.60. The summed E-state index contributed by atoms with van der Waals surface area (Å²) < 4.78 is 14.1. The van der Waals surface area contributed by atoms with Crippen molar-refractivity contribution in [3.63, 3.8) is 0 Å². The van der Waals surface area contributed by atoms with Gasteiger partial charge < -0.3 is 14.2 Å². The molecule has 17 heavy (non-hydrogen) atoms. The van der Waals surface area contributed by atoms with E-state index in [0.29, 0.717) is 0 Å². The first-order valence-electron chi connectivity index (χ1n) is 5.14. The summed E-state index contributed by atoms with van der Waals surface area (Å²) in [6.07, 6.45) is -2.26. The standard InChI is InChI=1S/C12H14O5/c1-9(11-6-4-3-5-7-11)16-12(14)17-10(2)15-8-13/h3-10H,1-2H3. The van der Waals surface area contributed by atoms with Gasteiger partial charge in [-0.25, -0.2) is 4.79 Å². The summed E-state index contributed by atoms with van der Waals surface area (Å²) in [6, 6.07) is 9.23. The molecule has 0 saturated carbocycles. The highest BCUT2D eigenvalue weighted by Crippen LogP contribution is 2.16. The second-order valence-corrected chi connectivity index (χ2v) is 3.34. The molecule has 0 aliphatic carbocycles. The average molecular weight is 238 g/mol. The lowest BCUT2D eigenvalue weighted by Gasteiger charge is -2.15. The predicted molar refractivity (Wildman–Crippen MR) is 59.0 cm³/mol. The van der Waals surface area contributed by atoms with Gasteiger partial charge in [0.05, 0.1) is 0 Å². The van der Waals surface area contributed by atoms with Gasteiger partial charge in [0.25, 0.3) is 6.47 Å². The Morgan fingerprint density at radius 3 is 2.41 bits per heavy atom. The maximum atomic E-state index is 11.3. The van der Waals surface area contributed by atoms with Crippen molar-refractivity contribution >= 4 is 12.6 Å². The summed E-state index contributed by atoms with van der Waals surface area (Å²) in [4.78, 5) is 21.3. The molecule has 0 aliphatic heterocycles. The molecule has 0 bridgehead atoms. The maximum Gasteiger partial charge on any atom is 0.511 e. The Kier molecular flexibility index (Phi) is 5.00.